The van der Waals surface area contributed by atoms with Gasteiger partial charge < -0.3 is 15.5 Å². The van der Waals surface area contributed by atoms with Gasteiger partial charge in [-0.15, -0.1) is 0 Å². The zero-order valence-corrected chi connectivity index (χ0v) is 14.2. The van der Waals surface area contributed by atoms with Crippen molar-refractivity contribution in [1.29, 1.82) is 0 Å². The lowest BCUT2D eigenvalue weighted by molar-refractivity contribution is 0.249. The number of anilines is 2. The third-order valence-corrected chi connectivity index (χ3v) is 4.48. The van der Waals surface area contributed by atoms with Crippen LogP contribution in [0.4, 0.5) is 16.4 Å². The number of hydrogen-bond donors (Lipinski definition) is 3. The number of carbonyl (C=O) groups excluding carboxylic acids is 1. The van der Waals surface area contributed by atoms with Gasteiger partial charge in [0.05, 0.1) is 0 Å². The van der Waals surface area contributed by atoms with E-state index in [4.69, 9.17) is 0 Å². The molecular formula is C17H20N8O. The smallest absolute Gasteiger partial charge is 0.319 e. The van der Waals surface area contributed by atoms with Crippen LogP contribution < -0.4 is 15.5 Å². The molecule has 0 aliphatic carbocycles. The van der Waals surface area contributed by atoms with Crippen molar-refractivity contribution >= 4 is 28.7 Å². The number of fused-ring (bicyclic) bond motifs is 1. The van der Waals surface area contributed by atoms with E-state index >= 15 is 0 Å². The molecule has 26 heavy (non-hydrogen) atoms. The van der Waals surface area contributed by atoms with E-state index in [-0.39, 0.29) is 6.03 Å². The summed E-state index contributed by atoms with van der Waals surface area (Å²) in [5, 5.41) is 16.4. The van der Waals surface area contributed by atoms with Crippen LogP contribution in [-0.2, 0) is 0 Å². The molecule has 2 amide bonds. The Hall–Kier alpha value is -3.23. The van der Waals surface area contributed by atoms with Gasteiger partial charge in [-0.25, -0.2) is 14.8 Å². The number of nitrogens with zero attached hydrogens (tertiary/aromatic N) is 5. The molecule has 0 radical (unpaired) electrons. The number of H-pyrrole nitrogens is 1. The zero-order chi connectivity index (χ0) is 17.8. The summed E-state index contributed by atoms with van der Waals surface area (Å²) in [5.41, 5.74) is 2.17. The van der Waals surface area contributed by atoms with Crippen molar-refractivity contribution in [3.63, 3.8) is 0 Å². The molecule has 3 N–H and O–H groups in total. The zero-order valence-electron chi connectivity index (χ0n) is 14.2. The van der Waals surface area contributed by atoms with E-state index in [1.54, 1.807) is 24.5 Å². The van der Waals surface area contributed by atoms with E-state index in [0.717, 1.165) is 37.4 Å². The Morgan fingerprint density at radius 2 is 2.08 bits per heavy atom. The van der Waals surface area contributed by atoms with Gasteiger partial charge in [-0.3, -0.25) is 0 Å². The molecule has 0 bridgehead atoms. The standard InChI is InChI=1S/C17H20N8O/c26-17(21-13-4-5-14-15(9-13)23-24-22-14)20-10-12-3-1-8-25(11-12)16-18-6-2-7-19-16/h2,4-7,9,12H,1,3,8,10-11H2,(H2,20,21,26)(H,22,23,24)/t12-/m0/s1. The summed E-state index contributed by atoms with van der Waals surface area (Å²) in [6.07, 6.45) is 5.65. The van der Waals surface area contributed by atoms with Crippen LogP contribution in [0.15, 0.2) is 36.7 Å². The molecule has 2 aromatic heterocycles. The van der Waals surface area contributed by atoms with Crippen LogP contribution in [0.1, 0.15) is 12.8 Å². The first-order chi connectivity index (χ1) is 12.8. The molecule has 1 aliphatic rings. The fourth-order valence-corrected chi connectivity index (χ4v) is 3.20. The third-order valence-electron chi connectivity index (χ3n) is 4.48. The average molecular weight is 352 g/mol. The predicted molar refractivity (Wildman–Crippen MR) is 97.9 cm³/mol. The molecule has 134 valence electrons. The fourth-order valence-electron chi connectivity index (χ4n) is 3.20. The van der Waals surface area contributed by atoms with Crippen molar-refractivity contribution < 1.29 is 4.79 Å². The highest BCUT2D eigenvalue weighted by molar-refractivity contribution is 5.91. The summed E-state index contributed by atoms with van der Waals surface area (Å²) in [6.45, 7) is 2.40. The predicted octanol–water partition coefficient (Wildman–Crippen LogP) is 1.79. The maximum Gasteiger partial charge on any atom is 0.319 e. The van der Waals surface area contributed by atoms with Gasteiger partial charge in [-0.1, -0.05) is 0 Å². The highest BCUT2D eigenvalue weighted by Crippen LogP contribution is 2.19. The quantitative estimate of drug-likeness (QED) is 0.660. The molecule has 9 heteroatoms. The molecule has 1 atom stereocenters. The Morgan fingerprint density at radius 1 is 1.23 bits per heavy atom. The van der Waals surface area contributed by atoms with Crippen molar-refractivity contribution in [2.75, 3.05) is 29.9 Å². The molecule has 9 nitrogen and oxygen atoms in total. The summed E-state index contributed by atoms with van der Waals surface area (Å²) in [5.74, 6) is 1.12. The minimum Gasteiger partial charge on any atom is -0.340 e. The van der Waals surface area contributed by atoms with Crippen LogP contribution in [-0.4, -0.2) is 51.0 Å². The average Bonchev–Trinajstić information content (AvgIpc) is 3.15. The summed E-state index contributed by atoms with van der Waals surface area (Å²) in [4.78, 5) is 23.0. The number of amides is 2. The van der Waals surface area contributed by atoms with Gasteiger partial charge in [0.1, 0.15) is 11.0 Å². The first-order valence-corrected chi connectivity index (χ1v) is 8.65. The van der Waals surface area contributed by atoms with Gasteiger partial charge in [0.15, 0.2) is 0 Å². The molecule has 0 unspecified atom stereocenters. The first kappa shape index (κ1) is 16.2. The SMILES string of the molecule is O=C(NC[C@@H]1CCCN(c2ncccn2)C1)Nc1ccc2n[nH]nc2c1. The molecule has 3 aromatic rings. The lowest BCUT2D eigenvalue weighted by Gasteiger charge is -2.32. The molecule has 1 fully saturated rings. The Bertz CT molecular complexity index is 881. The highest BCUT2D eigenvalue weighted by atomic mass is 16.2. The van der Waals surface area contributed by atoms with Crippen LogP contribution in [0, 0.1) is 5.92 Å². The van der Waals surface area contributed by atoms with Crippen LogP contribution in [0.25, 0.3) is 11.0 Å². The summed E-state index contributed by atoms with van der Waals surface area (Å²) in [6, 6.07) is 6.99. The number of piperidine rings is 1. The maximum absolute atomic E-state index is 12.2. The van der Waals surface area contributed by atoms with Crippen molar-refractivity contribution in [3.8, 4) is 0 Å². The Balaban J connectivity index is 1.29. The van der Waals surface area contributed by atoms with Gasteiger partial charge in [0.25, 0.3) is 0 Å². The number of aromatic nitrogens is 5. The lowest BCUT2D eigenvalue weighted by atomic mass is 9.98. The number of hydrogen-bond acceptors (Lipinski definition) is 6. The van der Waals surface area contributed by atoms with Gasteiger partial charge in [-0.05, 0) is 43.0 Å². The van der Waals surface area contributed by atoms with Crippen molar-refractivity contribution in [3.05, 3.63) is 36.7 Å². The number of carbonyl (C=O) groups is 1. The molecule has 3 heterocycles. The normalized spacial score (nSPS) is 17.2. The molecule has 1 saturated heterocycles. The molecule has 1 aromatic carbocycles. The Labute approximate surface area is 150 Å². The number of aromatic amines is 1. The number of nitrogens with one attached hydrogen (secondary N) is 3. The molecule has 0 spiro atoms. The van der Waals surface area contributed by atoms with E-state index in [2.05, 4.69) is 40.9 Å². The Morgan fingerprint density at radius 3 is 2.96 bits per heavy atom. The second-order valence-electron chi connectivity index (χ2n) is 6.37. The van der Waals surface area contributed by atoms with Crippen molar-refractivity contribution in [2.24, 2.45) is 5.92 Å². The highest BCUT2D eigenvalue weighted by Gasteiger charge is 2.22. The molecule has 1 aliphatic heterocycles. The Kier molecular flexibility index (Phi) is 4.59. The van der Waals surface area contributed by atoms with Crippen molar-refractivity contribution in [1.82, 2.24) is 30.7 Å². The minimum atomic E-state index is -0.221. The summed E-state index contributed by atoms with van der Waals surface area (Å²) >= 11 is 0. The van der Waals surface area contributed by atoms with E-state index in [1.807, 2.05) is 12.1 Å². The van der Waals surface area contributed by atoms with Crippen LogP contribution in [0.3, 0.4) is 0 Å². The number of rotatable bonds is 4. The lowest BCUT2D eigenvalue weighted by Crippen LogP contribution is -2.42. The van der Waals surface area contributed by atoms with Gasteiger partial charge in [0.2, 0.25) is 5.95 Å². The van der Waals surface area contributed by atoms with E-state index < -0.39 is 0 Å². The van der Waals surface area contributed by atoms with Crippen LogP contribution in [0.5, 0.6) is 0 Å². The fraction of sp³-hybridized carbons (Fsp3) is 0.353. The molecular weight excluding hydrogens is 332 g/mol. The monoisotopic (exact) mass is 352 g/mol. The second-order valence-corrected chi connectivity index (χ2v) is 6.37. The van der Waals surface area contributed by atoms with Crippen LogP contribution >= 0.6 is 0 Å². The molecule has 4 rings (SSSR count). The van der Waals surface area contributed by atoms with E-state index in [1.165, 1.54) is 0 Å². The first-order valence-electron chi connectivity index (χ1n) is 8.65. The number of urea groups is 1. The molecule has 0 saturated carbocycles. The topological polar surface area (TPSA) is 112 Å². The number of benzene rings is 1. The third kappa shape index (κ3) is 3.71. The largest absolute Gasteiger partial charge is 0.340 e. The van der Waals surface area contributed by atoms with Crippen molar-refractivity contribution in [2.45, 2.75) is 12.8 Å². The van der Waals surface area contributed by atoms with Gasteiger partial charge in [0, 0.05) is 37.7 Å². The van der Waals surface area contributed by atoms with E-state index in [0.29, 0.717) is 23.7 Å². The van der Waals surface area contributed by atoms with E-state index in [9.17, 15) is 4.79 Å². The minimum absolute atomic E-state index is 0.221. The summed E-state index contributed by atoms with van der Waals surface area (Å²) in [7, 11) is 0. The van der Waals surface area contributed by atoms with Gasteiger partial charge >= 0.3 is 6.03 Å². The maximum atomic E-state index is 12.2. The van der Waals surface area contributed by atoms with Crippen LogP contribution in [0.2, 0.25) is 0 Å². The summed E-state index contributed by atoms with van der Waals surface area (Å²) < 4.78 is 0. The second kappa shape index (κ2) is 7.34. The van der Waals surface area contributed by atoms with Gasteiger partial charge in [-0.2, -0.15) is 15.4 Å².